The average Bonchev–Trinajstić information content (AvgIpc) is 2.18. The molecule has 0 amide bonds. The van der Waals surface area contributed by atoms with Gasteiger partial charge < -0.3 is 5.32 Å². The van der Waals surface area contributed by atoms with E-state index in [1.807, 2.05) is 0 Å². The molecule has 1 aromatic carbocycles. The Morgan fingerprint density at radius 3 is 2.59 bits per heavy atom. The van der Waals surface area contributed by atoms with Gasteiger partial charge in [0.2, 0.25) is 0 Å². The van der Waals surface area contributed by atoms with Crippen molar-refractivity contribution in [3.8, 4) is 0 Å². The fourth-order valence-corrected chi connectivity index (χ4v) is 1.53. The molecule has 0 saturated heterocycles. The van der Waals surface area contributed by atoms with Crippen LogP contribution in [0.2, 0.25) is 5.02 Å². The second kappa shape index (κ2) is 5.36. The molecule has 1 aromatic rings. The molecule has 0 atom stereocenters. The van der Waals surface area contributed by atoms with Gasteiger partial charge in [-0.1, -0.05) is 32.4 Å². The number of rotatable bonds is 4. The lowest BCUT2D eigenvalue weighted by molar-refractivity contribution is -0.384. The smallest absolute Gasteiger partial charge is 0.289 e. The fraction of sp³-hybridized carbons (Fsp3) is 0.500. The van der Waals surface area contributed by atoms with Crippen LogP contribution >= 0.6 is 11.6 Å². The summed E-state index contributed by atoms with van der Waals surface area (Å²) in [6.45, 7) is 7.24. The number of nitro benzene ring substituents is 1. The highest BCUT2D eigenvalue weighted by Gasteiger charge is 2.13. The third-order valence-electron chi connectivity index (χ3n) is 2.35. The monoisotopic (exact) mass is 256 g/mol. The maximum atomic E-state index is 10.7. The molecule has 0 bridgehead atoms. The summed E-state index contributed by atoms with van der Waals surface area (Å²) >= 11 is 5.73. The Bertz CT molecular complexity index is 413. The van der Waals surface area contributed by atoms with Crippen molar-refractivity contribution in [3.63, 3.8) is 0 Å². The summed E-state index contributed by atoms with van der Waals surface area (Å²) in [4.78, 5) is 10.2. The summed E-state index contributed by atoms with van der Waals surface area (Å²) in [5.41, 5.74) is 0.906. The van der Waals surface area contributed by atoms with Gasteiger partial charge in [-0.05, 0) is 24.0 Å². The largest absolute Gasteiger partial charge is 0.385 e. The molecule has 0 saturated carbocycles. The number of nitrogens with one attached hydrogen (secondary N) is 1. The van der Waals surface area contributed by atoms with Gasteiger partial charge >= 0.3 is 0 Å². The van der Waals surface area contributed by atoms with Crippen LogP contribution in [0.15, 0.2) is 18.2 Å². The zero-order valence-electron chi connectivity index (χ0n) is 10.3. The lowest BCUT2D eigenvalue weighted by atomic mass is 9.92. The van der Waals surface area contributed by atoms with Crippen molar-refractivity contribution in [2.24, 2.45) is 5.41 Å². The second-order valence-corrected chi connectivity index (χ2v) is 5.57. The Kier molecular flexibility index (Phi) is 4.34. The molecule has 0 aromatic heterocycles. The zero-order chi connectivity index (χ0) is 13.1. The Morgan fingerprint density at radius 1 is 1.41 bits per heavy atom. The van der Waals surface area contributed by atoms with Gasteiger partial charge in [0.15, 0.2) is 0 Å². The highest BCUT2D eigenvalue weighted by Crippen LogP contribution is 2.27. The molecule has 0 aliphatic carbocycles. The van der Waals surface area contributed by atoms with E-state index in [1.54, 1.807) is 12.1 Å². The number of nitro groups is 1. The third-order valence-corrected chi connectivity index (χ3v) is 2.67. The Balaban J connectivity index is 2.67. The topological polar surface area (TPSA) is 55.2 Å². The predicted octanol–water partition coefficient (Wildman–Crippen LogP) is 4.10. The first-order valence-electron chi connectivity index (χ1n) is 5.47. The molecule has 0 heterocycles. The van der Waals surface area contributed by atoms with E-state index in [9.17, 15) is 10.1 Å². The minimum atomic E-state index is -0.475. The van der Waals surface area contributed by atoms with E-state index >= 15 is 0 Å². The van der Waals surface area contributed by atoms with Crippen LogP contribution in [0.25, 0.3) is 0 Å². The molecule has 4 nitrogen and oxygen atoms in total. The number of nitrogens with zero attached hydrogens (tertiary/aromatic N) is 1. The zero-order valence-corrected chi connectivity index (χ0v) is 11.0. The third kappa shape index (κ3) is 4.61. The summed E-state index contributed by atoms with van der Waals surface area (Å²) in [6.07, 6.45) is 0.990. The van der Waals surface area contributed by atoms with Crippen LogP contribution in [-0.2, 0) is 0 Å². The highest BCUT2D eigenvalue weighted by molar-refractivity contribution is 6.32. The maximum Gasteiger partial charge on any atom is 0.289 e. The van der Waals surface area contributed by atoms with Crippen LogP contribution in [-0.4, -0.2) is 11.5 Å². The van der Waals surface area contributed by atoms with Crippen molar-refractivity contribution in [2.75, 3.05) is 11.9 Å². The first kappa shape index (κ1) is 13.8. The Hall–Kier alpha value is -1.29. The minimum absolute atomic E-state index is 0.0626. The number of halogens is 1. The van der Waals surface area contributed by atoms with Crippen LogP contribution in [0.4, 0.5) is 11.4 Å². The van der Waals surface area contributed by atoms with Gasteiger partial charge in [0.1, 0.15) is 5.02 Å². The van der Waals surface area contributed by atoms with Gasteiger partial charge in [0.25, 0.3) is 5.69 Å². The van der Waals surface area contributed by atoms with Crippen molar-refractivity contribution in [3.05, 3.63) is 33.3 Å². The van der Waals surface area contributed by atoms with Gasteiger partial charge in [-0.15, -0.1) is 0 Å². The first-order chi connectivity index (χ1) is 7.79. The average molecular weight is 257 g/mol. The number of benzene rings is 1. The number of hydrogen-bond donors (Lipinski definition) is 1. The standard InChI is InChI=1S/C12H17ClN2O2/c1-12(2,3)6-7-14-9-4-5-10(13)11(8-9)15(16)17/h4-5,8,14H,6-7H2,1-3H3. The van der Waals surface area contributed by atoms with Crippen LogP contribution in [0.3, 0.4) is 0 Å². The summed E-state index contributed by atoms with van der Waals surface area (Å²) in [7, 11) is 0. The molecular formula is C12H17ClN2O2. The van der Waals surface area contributed by atoms with Crippen molar-refractivity contribution in [1.82, 2.24) is 0 Å². The van der Waals surface area contributed by atoms with Crippen molar-refractivity contribution in [1.29, 1.82) is 0 Å². The summed E-state index contributed by atoms with van der Waals surface area (Å²) in [5, 5.41) is 14.0. The molecule has 0 spiro atoms. The Morgan fingerprint density at radius 2 is 2.06 bits per heavy atom. The van der Waals surface area contributed by atoms with E-state index in [0.717, 1.165) is 18.7 Å². The lowest BCUT2D eigenvalue weighted by Gasteiger charge is -2.18. The van der Waals surface area contributed by atoms with Gasteiger partial charge in [0, 0.05) is 18.3 Å². The summed E-state index contributed by atoms with van der Waals surface area (Å²) in [6, 6.07) is 4.75. The van der Waals surface area contributed by atoms with Crippen LogP contribution in [0.5, 0.6) is 0 Å². The van der Waals surface area contributed by atoms with E-state index in [4.69, 9.17) is 11.6 Å². The van der Waals surface area contributed by atoms with E-state index < -0.39 is 4.92 Å². The molecule has 94 valence electrons. The molecule has 1 rings (SSSR count). The van der Waals surface area contributed by atoms with Crippen molar-refractivity contribution in [2.45, 2.75) is 27.2 Å². The Labute approximate surface area is 106 Å². The van der Waals surface area contributed by atoms with Gasteiger partial charge in [0.05, 0.1) is 4.92 Å². The van der Waals surface area contributed by atoms with Crippen LogP contribution < -0.4 is 5.32 Å². The highest BCUT2D eigenvalue weighted by atomic mass is 35.5. The van der Waals surface area contributed by atoms with Crippen molar-refractivity contribution >= 4 is 23.0 Å². The predicted molar refractivity (Wildman–Crippen MR) is 70.7 cm³/mol. The SMILES string of the molecule is CC(C)(C)CCNc1ccc(Cl)c([N+](=O)[O-])c1. The minimum Gasteiger partial charge on any atom is -0.385 e. The number of hydrogen-bond acceptors (Lipinski definition) is 3. The van der Waals surface area contributed by atoms with E-state index in [0.29, 0.717) is 0 Å². The molecule has 0 aliphatic rings. The van der Waals surface area contributed by atoms with E-state index in [1.165, 1.54) is 6.07 Å². The van der Waals surface area contributed by atoms with Gasteiger partial charge in [-0.3, -0.25) is 10.1 Å². The van der Waals surface area contributed by atoms with E-state index in [-0.39, 0.29) is 16.1 Å². The molecular weight excluding hydrogens is 240 g/mol. The fourth-order valence-electron chi connectivity index (χ4n) is 1.34. The van der Waals surface area contributed by atoms with Crippen LogP contribution in [0, 0.1) is 15.5 Å². The molecule has 0 aliphatic heterocycles. The molecule has 0 radical (unpaired) electrons. The first-order valence-corrected chi connectivity index (χ1v) is 5.85. The molecule has 5 heteroatoms. The molecule has 0 unspecified atom stereocenters. The van der Waals surface area contributed by atoms with Gasteiger partial charge in [-0.25, -0.2) is 0 Å². The second-order valence-electron chi connectivity index (χ2n) is 5.16. The molecule has 17 heavy (non-hydrogen) atoms. The molecule has 0 fully saturated rings. The maximum absolute atomic E-state index is 10.7. The van der Waals surface area contributed by atoms with Gasteiger partial charge in [-0.2, -0.15) is 0 Å². The quantitative estimate of drug-likeness (QED) is 0.652. The van der Waals surface area contributed by atoms with Crippen LogP contribution in [0.1, 0.15) is 27.2 Å². The number of anilines is 1. The summed E-state index contributed by atoms with van der Waals surface area (Å²) in [5.74, 6) is 0. The van der Waals surface area contributed by atoms with E-state index in [2.05, 4.69) is 26.1 Å². The lowest BCUT2D eigenvalue weighted by Crippen LogP contribution is -2.12. The normalized spacial score (nSPS) is 11.3. The van der Waals surface area contributed by atoms with Crippen molar-refractivity contribution < 1.29 is 4.92 Å². The summed E-state index contributed by atoms with van der Waals surface area (Å²) < 4.78 is 0. The molecule has 1 N–H and O–H groups in total.